The predicted molar refractivity (Wildman–Crippen MR) is 108 cm³/mol. The number of aliphatic imine (C=N–C) groups is 1. The molecule has 0 spiro atoms. The molecule has 0 aromatic heterocycles. The van der Waals surface area contributed by atoms with Crippen molar-refractivity contribution in [2.24, 2.45) is 10.9 Å². The summed E-state index contributed by atoms with van der Waals surface area (Å²) in [7, 11) is 3.49. The second-order valence-electron chi connectivity index (χ2n) is 7.71. The molecule has 0 bridgehead atoms. The summed E-state index contributed by atoms with van der Waals surface area (Å²) < 4.78 is 5.44. The topological polar surface area (TPSA) is 66.0 Å². The average Bonchev–Trinajstić information content (AvgIpc) is 3.26. The number of rotatable bonds is 7. The highest BCUT2D eigenvalue weighted by atomic mass is 35.5. The molecule has 1 amide bonds. The Bertz CT molecular complexity index is 682. The molecule has 148 valence electrons. The number of nitrogens with zero attached hydrogens (tertiary/aromatic N) is 2. The summed E-state index contributed by atoms with van der Waals surface area (Å²) in [5, 5.41) is 7.59. The molecular formula is C20H29ClN4O2. The maximum atomic E-state index is 11.9. The molecule has 1 aromatic rings. The zero-order valence-electron chi connectivity index (χ0n) is 16.1. The molecule has 6 nitrogen and oxygen atoms in total. The van der Waals surface area contributed by atoms with Crippen molar-refractivity contribution in [2.45, 2.75) is 24.7 Å². The van der Waals surface area contributed by atoms with Crippen LogP contribution in [-0.4, -0.2) is 63.7 Å². The third-order valence-electron chi connectivity index (χ3n) is 5.34. The van der Waals surface area contributed by atoms with Crippen molar-refractivity contribution in [3.8, 4) is 0 Å². The maximum Gasteiger partial charge on any atom is 0.243 e. The molecule has 1 aliphatic carbocycles. The zero-order chi connectivity index (χ0) is 19.3. The predicted octanol–water partition coefficient (Wildman–Crippen LogP) is 2.03. The maximum absolute atomic E-state index is 11.9. The summed E-state index contributed by atoms with van der Waals surface area (Å²) in [5.74, 6) is 1.16. The molecule has 1 aliphatic heterocycles. The fraction of sp³-hybridized carbons (Fsp3) is 0.600. The second kappa shape index (κ2) is 8.93. The van der Waals surface area contributed by atoms with Crippen LogP contribution < -0.4 is 10.6 Å². The average molecular weight is 393 g/mol. The van der Waals surface area contributed by atoms with Gasteiger partial charge < -0.3 is 20.3 Å². The van der Waals surface area contributed by atoms with Crippen LogP contribution in [0.5, 0.6) is 0 Å². The SMILES string of the molecule is CN(C)C(=O)CN=C(NCC1CCOC1)NCC1(c2cccc(Cl)c2)CC1. The second-order valence-corrected chi connectivity index (χ2v) is 8.14. The number of hydrogen-bond donors (Lipinski definition) is 2. The molecule has 1 heterocycles. The highest BCUT2D eigenvalue weighted by molar-refractivity contribution is 6.30. The number of ether oxygens (including phenoxy) is 1. The van der Waals surface area contributed by atoms with Crippen molar-refractivity contribution < 1.29 is 9.53 Å². The molecule has 2 N–H and O–H groups in total. The first-order valence-corrected chi connectivity index (χ1v) is 9.92. The van der Waals surface area contributed by atoms with Gasteiger partial charge in [-0.05, 0) is 37.0 Å². The lowest BCUT2D eigenvalue weighted by molar-refractivity contribution is -0.127. The largest absolute Gasteiger partial charge is 0.381 e. The lowest BCUT2D eigenvalue weighted by Gasteiger charge is -2.20. The van der Waals surface area contributed by atoms with Gasteiger partial charge in [0.1, 0.15) is 6.54 Å². The van der Waals surface area contributed by atoms with Crippen molar-refractivity contribution in [2.75, 3.05) is 46.9 Å². The zero-order valence-corrected chi connectivity index (χ0v) is 16.9. The normalized spacial score (nSPS) is 21.0. The van der Waals surface area contributed by atoms with E-state index in [2.05, 4.69) is 21.7 Å². The molecule has 2 fully saturated rings. The summed E-state index contributed by atoms with van der Waals surface area (Å²) in [6.45, 7) is 3.31. The molecule has 1 saturated carbocycles. The Balaban J connectivity index is 1.61. The number of guanidine groups is 1. The Morgan fingerprint density at radius 2 is 2.19 bits per heavy atom. The fourth-order valence-electron chi connectivity index (χ4n) is 3.24. The van der Waals surface area contributed by atoms with Crippen LogP contribution in [0.25, 0.3) is 0 Å². The van der Waals surface area contributed by atoms with Crippen molar-refractivity contribution in [3.05, 3.63) is 34.9 Å². The van der Waals surface area contributed by atoms with Crippen LogP contribution in [0, 0.1) is 5.92 Å². The van der Waals surface area contributed by atoms with Crippen LogP contribution >= 0.6 is 11.6 Å². The highest BCUT2D eigenvalue weighted by Gasteiger charge is 2.44. The first kappa shape index (κ1) is 20.0. The Morgan fingerprint density at radius 1 is 1.37 bits per heavy atom. The fourth-order valence-corrected chi connectivity index (χ4v) is 3.43. The number of amides is 1. The monoisotopic (exact) mass is 392 g/mol. The van der Waals surface area contributed by atoms with Gasteiger partial charge in [0.15, 0.2) is 5.96 Å². The molecular weight excluding hydrogens is 364 g/mol. The Hall–Kier alpha value is -1.79. The van der Waals surface area contributed by atoms with Gasteiger partial charge >= 0.3 is 0 Å². The molecule has 1 aromatic carbocycles. The van der Waals surface area contributed by atoms with Crippen LogP contribution in [0.1, 0.15) is 24.8 Å². The van der Waals surface area contributed by atoms with E-state index in [0.29, 0.717) is 11.9 Å². The lowest BCUT2D eigenvalue weighted by atomic mass is 9.96. The van der Waals surface area contributed by atoms with E-state index in [1.54, 1.807) is 19.0 Å². The van der Waals surface area contributed by atoms with E-state index in [9.17, 15) is 4.79 Å². The Morgan fingerprint density at radius 3 is 2.81 bits per heavy atom. The standard InChI is InChI=1S/C20H29ClN4O2/c1-25(2)18(26)12-23-19(22-11-15-6-9-27-13-15)24-14-20(7-8-20)16-4-3-5-17(21)10-16/h3-5,10,15H,6-9,11-14H2,1-2H3,(H2,22,23,24). The first-order valence-electron chi connectivity index (χ1n) is 9.55. The summed E-state index contributed by atoms with van der Waals surface area (Å²) in [5.41, 5.74) is 1.37. The third-order valence-corrected chi connectivity index (χ3v) is 5.57. The smallest absolute Gasteiger partial charge is 0.243 e. The van der Waals surface area contributed by atoms with Crippen molar-refractivity contribution in [1.29, 1.82) is 0 Å². The Labute approximate surface area is 166 Å². The van der Waals surface area contributed by atoms with Gasteiger partial charge in [-0.3, -0.25) is 4.79 Å². The highest BCUT2D eigenvalue weighted by Crippen LogP contribution is 2.48. The summed E-state index contributed by atoms with van der Waals surface area (Å²) in [4.78, 5) is 17.9. The van der Waals surface area contributed by atoms with E-state index in [1.807, 2.05) is 18.2 Å². The number of nitrogens with one attached hydrogen (secondary N) is 2. The molecule has 1 unspecified atom stereocenters. The number of hydrogen-bond acceptors (Lipinski definition) is 3. The van der Waals surface area contributed by atoms with Crippen molar-refractivity contribution >= 4 is 23.5 Å². The van der Waals surface area contributed by atoms with Crippen LogP contribution in [-0.2, 0) is 14.9 Å². The van der Waals surface area contributed by atoms with Crippen LogP contribution in [0.4, 0.5) is 0 Å². The lowest BCUT2D eigenvalue weighted by Crippen LogP contribution is -2.43. The van der Waals surface area contributed by atoms with Gasteiger partial charge in [0.2, 0.25) is 5.91 Å². The van der Waals surface area contributed by atoms with E-state index in [-0.39, 0.29) is 17.9 Å². The van der Waals surface area contributed by atoms with E-state index in [0.717, 1.165) is 50.6 Å². The van der Waals surface area contributed by atoms with Crippen LogP contribution in [0.3, 0.4) is 0 Å². The quantitative estimate of drug-likeness (QED) is 0.550. The number of halogens is 1. The van der Waals surface area contributed by atoms with Crippen molar-refractivity contribution in [3.63, 3.8) is 0 Å². The van der Waals surface area contributed by atoms with Gasteiger partial charge in [0.25, 0.3) is 0 Å². The van der Waals surface area contributed by atoms with Crippen LogP contribution in [0.15, 0.2) is 29.3 Å². The van der Waals surface area contributed by atoms with Crippen molar-refractivity contribution in [1.82, 2.24) is 15.5 Å². The minimum absolute atomic E-state index is 0.0173. The minimum Gasteiger partial charge on any atom is -0.381 e. The van der Waals surface area contributed by atoms with E-state index < -0.39 is 0 Å². The van der Waals surface area contributed by atoms with E-state index >= 15 is 0 Å². The Kier molecular flexibility index (Phi) is 6.60. The molecule has 0 radical (unpaired) electrons. The molecule has 3 rings (SSSR count). The molecule has 7 heteroatoms. The van der Waals surface area contributed by atoms with Gasteiger partial charge in [0, 0.05) is 50.1 Å². The number of benzene rings is 1. The number of carbonyl (C=O) groups is 1. The third kappa shape index (κ3) is 5.59. The number of likely N-dealkylation sites (N-methyl/N-ethyl adjacent to an activating group) is 1. The minimum atomic E-state index is -0.0173. The van der Waals surface area contributed by atoms with Gasteiger partial charge in [-0.25, -0.2) is 4.99 Å². The molecule has 27 heavy (non-hydrogen) atoms. The van der Waals surface area contributed by atoms with E-state index in [1.165, 1.54) is 5.56 Å². The molecule has 1 atom stereocenters. The summed E-state index contributed by atoms with van der Waals surface area (Å²) >= 11 is 6.17. The van der Waals surface area contributed by atoms with Gasteiger partial charge in [0.05, 0.1) is 6.61 Å². The molecule has 1 saturated heterocycles. The summed E-state index contributed by atoms with van der Waals surface area (Å²) in [6, 6.07) is 8.09. The molecule has 2 aliphatic rings. The van der Waals surface area contributed by atoms with E-state index in [4.69, 9.17) is 16.3 Å². The summed E-state index contributed by atoms with van der Waals surface area (Å²) in [6.07, 6.45) is 3.31. The first-order chi connectivity index (χ1) is 13.0. The number of carbonyl (C=O) groups excluding carboxylic acids is 1. The van der Waals surface area contributed by atoms with Gasteiger partial charge in [-0.2, -0.15) is 0 Å². The van der Waals surface area contributed by atoms with Crippen LogP contribution in [0.2, 0.25) is 5.02 Å². The van der Waals surface area contributed by atoms with Gasteiger partial charge in [-0.15, -0.1) is 0 Å². The van der Waals surface area contributed by atoms with Gasteiger partial charge in [-0.1, -0.05) is 23.7 Å².